The van der Waals surface area contributed by atoms with Crippen LogP contribution >= 0.6 is 23.2 Å². The van der Waals surface area contributed by atoms with E-state index in [1.165, 1.54) is 7.11 Å². The van der Waals surface area contributed by atoms with E-state index in [0.29, 0.717) is 5.69 Å². The van der Waals surface area contributed by atoms with Crippen LogP contribution in [0.15, 0.2) is 42.5 Å². The van der Waals surface area contributed by atoms with Crippen LogP contribution in [0.25, 0.3) is 0 Å². The molecule has 3 N–H and O–H groups in total. The van der Waals surface area contributed by atoms with Crippen molar-refractivity contribution in [2.45, 2.75) is 52.2 Å². The summed E-state index contributed by atoms with van der Waals surface area (Å²) in [6.45, 7) is 5.89. The predicted octanol–water partition coefficient (Wildman–Crippen LogP) is 4.88. The molecular formula is C27H32Cl2N2O5. The van der Waals surface area contributed by atoms with Gasteiger partial charge in [-0.2, -0.15) is 0 Å². The Morgan fingerprint density at radius 1 is 1.11 bits per heavy atom. The zero-order chi connectivity index (χ0) is 26.6. The first-order valence-corrected chi connectivity index (χ1v) is 12.6. The van der Waals surface area contributed by atoms with E-state index >= 15 is 0 Å². The number of carbonyl (C=O) groups is 3. The highest BCUT2D eigenvalue weighted by Gasteiger charge is 2.50. The number of hydrogen-bond acceptors (Lipinski definition) is 5. The van der Waals surface area contributed by atoms with E-state index in [1.807, 2.05) is 0 Å². The Labute approximate surface area is 221 Å². The van der Waals surface area contributed by atoms with E-state index in [-0.39, 0.29) is 51.6 Å². The summed E-state index contributed by atoms with van der Waals surface area (Å²) in [7, 11) is 1.28. The van der Waals surface area contributed by atoms with E-state index < -0.39 is 24.0 Å². The summed E-state index contributed by atoms with van der Waals surface area (Å²) in [6, 6.07) is 10.9. The molecule has 7 nitrogen and oxygen atoms in total. The molecule has 4 atom stereocenters. The lowest BCUT2D eigenvalue weighted by atomic mass is 9.52. The molecule has 36 heavy (non-hydrogen) atoms. The van der Waals surface area contributed by atoms with Gasteiger partial charge in [0.15, 0.2) is 0 Å². The number of rotatable bonds is 9. The number of carbonyl (C=O) groups excluding carboxylic acids is 3. The summed E-state index contributed by atoms with van der Waals surface area (Å²) in [5.41, 5.74) is 1.34. The molecule has 0 radical (unpaired) electrons. The number of aliphatic hydroxyl groups is 1. The van der Waals surface area contributed by atoms with Gasteiger partial charge in [-0.15, -0.1) is 0 Å². The standard InChI is InChI=1S/C27H32Cl2N2O5/c1-15(32)19-13-17(27(19,2)3)14-23(33)31-22(26(35)36-4)12-16-8-10-18(11-9-16)30-25(34)24-20(28)6-5-7-21(24)29/h5-11,15,17,19,22,32H,12-14H2,1-4H3,(H,30,34)(H,31,33). The number of benzene rings is 2. The topological polar surface area (TPSA) is 105 Å². The second kappa shape index (κ2) is 11.6. The van der Waals surface area contributed by atoms with Gasteiger partial charge >= 0.3 is 5.97 Å². The van der Waals surface area contributed by atoms with Crippen LogP contribution in [0.5, 0.6) is 0 Å². The molecule has 3 rings (SSSR count). The first-order chi connectivity index (χ1) is 16.9. The summed E-state index contributed by atoms with van der Waals surface area (Å²) in [5, 5.41) is 16.0. The number of aliphatic hydroxyl groups excluding tert-OH is 1. The molecule has 0 heterocycles. The van der Waals surface area contributed by atoms with Crippen molar-refractivity contribution in [1.29, 1.82) is 0 Å². The lowest BCUT2D eigenvalue weighted by Gasteiger charge is -2.53. The fourth-order valence-electron chi connectivity index (χ4n) is 4.90. The molecule has 1 fully saturated rings. The van der Waals surface area contributed by atoms with Crippen LogP contribution in [0.4, 0.5) is 5.69 Å². The van der Waals surface area contributed by atoms with Crippen molar-refractivity contribution in [3.8, 4) is 0 Å². The maximum atomic E-state index is 12.7. The summed E-state index contributed by atoms with van der Waals surface area (Å²) < 4.78 is 4.90. The third-order valence-electron chi connectivity index (χ3n) is 7.22. The van der Waals surface area contributed by atoms with Crippen LogP contribution in [0.1, 0.15) is 49.5 Å². The van der Waals surface area contributed by atoms with Crippen LogP contribution in [0.2, 0.25) is 10.0 Å². The van der Waals surface area contributed by atoms with Gasteiger partial charge in [-0.25, -0.2) is 4.79 Å². The van der Waals surface area contributed by atoms with Gasteiger partial charge in [0.05, 0.1) is 28.8 Å². The molecule has 0 aromatic heterocycles. The average Bonchev–Trinajstić information content (AvgIpc) is 2.81. The van der Waals surface area contributed by atoms with E-state index in [2.05, 4.69) is 24.5 Å². The minimum Gasteiger partial charge on any atom is -0.467 e. The van der Waals surface area contributed by atoms with Gasteiger partial charge in [0.1, 0.15) is 6.04 Å². The molecule has 1 aliphatic carbocycles. The normalized spacial score (nSPS) is 20.0. The van der Waals surface area contributed by atoms with Crippen molar-refractivity contribution in [1.82, 2.24) is 5.32 Å². The SMILES string of the molecule is COC(=O)C(Cc1ccc(NC(=O)c2c(Cl)cccc2Cl)cc1)NC(=O)CC1CC(C(C)O)C1(C)C. The zero-order valence-electron chi connectivity index (χ0n) is 20.8. The number of methoxy groups -OCH3 is 1. The van der Waals surface area contributed by atoms with Crippen molar-refractivity contribution < 1.29 is 24.2 Å². The van der Waals surface area contributed by atoms with Crippen LogP contribution in [0.3, 0.4) is 0 Å². The number of halogens is 2. The molecule has 2 amide bonds. The van der Waals surface area contributed by atoms with E-state index in [0.717, 1.165) is 12.0 Å². The van der Waals surface area contributed by atoms with Crippen LogP contribution in [-0.4, -0.2) is 42.1 Å². The van der Waals surface area contributed by atoms with Crippen molar-refractivity contribution in [2.75, 3.05) is 12.4 Å². The molecule has 0 spiro atoms. The fraction of sp³-hybridized carbons (Fsp3) is 0.444. The molecule has 2 aromatic rings. The third kappa shape index (κ3) is 6.38. The zero-order valence-corrected chi connectivity index (χ0v) is 22.3. The molecule has 0 saturated heterocycles. The van der Waals surface area contributed by atoms with Crippen molar-refractivity contribution in [2.24, 2.45) is 17.3 Å². The van der Waals surface area contributed by atoms with Crippen molar-refractivity contribution in [3.63, 3.8) is 0 Å². The maximum Gasteiger partial charge on any atom is 0.328 e. The van der Waals surface area contributed by atoms with E-state index in [4.69, 9.17) is 27.9 Å². The number of esters is 1. The van der Waals surface area contributed by atoms with Crippen LogP contribution < -0.4 is 10.6 Å². The minimum absolute atomic E-state index is 0.130. The molecule has 1 saturated carbocycles. The van der Waals surface area contributed by atoms with Gasteiger partial charge < -0.3 is 20.5 Å². The molecule has 0 bridgehead atoms. The van der Waals surface area contributed by atoms with E-state index in [9.17, 15) is 19.5 Å². The Morgan fingerprint density at radius 2 is 1.72 bits per heavy atom. The largest absolute Gasteiger partial charge is 0.467 e. The molecule has 1 aliphatic rings. The quantitative estimate of drug-likeness (QED) is 0.397. The summed E-state index contributed by atoms with van der Waals surface area (Å²) in [4.78, 5) is 37.7. The number of anilines is 1. The first-order valence-electron chi connectivity index (χ1n) is 11.8. The third-order valence-corrected chi connectivity index (χ3v) is 7.85. The highest BCUT2D eigenvalue weighted by Crippen LogP contribution is 2.54. The summed E-state index contributed by atoms with van der Waals surface area (Å²) in [6.07, 6.45) is 0.858. The van der Waals surface area contributed by atoms with Gasteiger partial charge in [-0.1, -0.05) is 55.2 Å². The van der Waals surface area contributed by atoms with Crippen molar-refractivity contribution >= 4 is 46.7 Å². The number of nitrogens with one attached hydrogen (secondary N) is 2. The number of ether oxygens (including phenoxy) is 1. The summed E-state index contributed by atoms with van der Waals surface area (Å²) in [5.74, 6) is -0.920. The van der Waals surface area contributed by atoms with Crippen LogP contribution in [-0.2, 0) is 20.7 Å². The number of hydrogen-bond donors (Lipinski definition) is 3. The molecule has 4 unspecified atom stereocenters. The Balaban J connectivity index is 1.61. The molecule has 9 heteroatoms. The number of amides is 2. The monoisotopic (exact) mass is 534 g/mol. The summed E-state index contributed by atoms with van der Waals surface area (Å²) >= 11 is 12.2. The predicted molar refractivity (Wildman–Crippen MR) is 140 cm³/mol. The smallest absolute Gasteiger partial charge is 0.328 e. The minimum atomic E-state index is -0.847. The molecular weight excluding hydrogens is 503 g/mol. The van der Waals surface area contributed by atoms with E-state index in [1.54, 1.807) is 49.4 Å². The fourth-order valence-corrected chi connectivity index (χ4v) is 5.47. The Kier molecular flexibility index (Phi) is 9.03. The Morgan fingerprint density at radius 3 is 2.25 bits per heavy atom. The highest BCUT2D eigenvalue weighted by molar-refractivity contribution is 6.40. The van der Waals surface area contributed by atoms with Gasteiger partial charge in [0.2, 0.25) is 5.91 Å². The maximum absolute atomic E-state index is 12.7. The lowest BCUT2D eigenvalue weighted by Crippen LogP contribution is -2.52. The molecule has 194 valence electrons. The second-order valence-corrected chi connectivity index (χ2v) is 10.7. The van der Waals surface area contributed by atoms with Gasteiger partial charge in [0, 0.05) is 18.5 Å². The molecule has 0 aliphatic heterocycles. The Bertz CT molecular complexity index is 1100. The second-order valence-electron chi connectivity index (χ2n) is 9.90. The molecule has 2 aromatic carbocycles. The highest BCUT2D eigenvalue weighted by atomic mass is 35.5. The average molecular weight is 535 g/mol. The lowest BCUT2D eigenvalue weighted by molar-refractivity contribution is -0.146. The first kappa shape index (κ1) is 28.0. The Hall–Kier alpha value is -2.61. The van der Waals surface area contributed by atoms with Crippen molar-refractivity contribution in [3.05, 3.63) is 63.6 Å². The van der Waals surface area contributed by atoms with Gasteiger partial charge in [-0.05, 0) is 60.4 Å². The van der Waals surface area contributed by atoms with Crippen LogP contribution in [0, 0.1) is 17.3 Å². The van der Waals surface area contributed by atoms with Gasteiger partial charge in [-0.3, -0.25) is 9.59 Å². The van der Waals surface area contributed by atoms with Gasteiger partial charge in [0.25, 0.3) is 5.91 Å².